The Morgan fingerprint density at radius 3 is 2.22 bits per heavy atom. The highest BCUT2D eigenvalue weighted by Crippen LogP contribution is 2.19. The van der Waals surface area contributed by atoms with Crippen LogP contribution in [0.25, 0.3) is 0 Å². The zero-order chi connectivity index (χ0) is 19.6. The van der Waals surface area contributed by atoms with Gasteiger partial charge in [0.2, 0.25) is 16.0 Å². The normalized spacial score (nSPS) is 15.8. The Balaban J connectivity index is 1.67. The van der Waals surface area contributed by atoms with Crippen molar-refractivity contribution in [2.45, 2.75) is 19.6 Å². The van der Waals surface area contributed by atoms with Gasteiger partial charge in [0.1, 0.15) is 5.82 Å². The third kappa shape index (κ3) is 4.75. The summed E-state index contributed by atoms with van der Waals surface area (Å²) in [6.07, 6.45) is 0. The van der Waals surface area contributed by atoms with E-state index >= 15 is 0 Å². The van der Waals surface area contributed by atoms with Crippen LogP contribution in [0.15, 0.2) is 30.3 Å². The van der Waals surface area contributed by atoms with Gasteiger partial charge in [-0.25, -0.2) is 13.4 Å². The first-order chi connectivity index (χ1) is 12.7. The van der Waals surface area contributed by atoms with Crippen molar-refractivity contribution in [1.82, 2.24) is 14.3 Å². The molecule has 0 spiro atoms. The van der Waals surface area contributed by atoms with Gasteiger partial charge in [-0.15, -0.1) is 0 Å². The molecular formula is C19H27N5O2S. The fourth-order valence-electron chi connectivity index (χ4n) is 3.06. The van der Waals surface area contributed by atoms with E-state index in [1.807, 2.05) is 63.2 Å². The first-order valence-electron chi connectivity index (χ1n) is 9.06. The van der Waals surface area contributed by atoms with Crippen LogP contribution in [0.1, 0.15) is 16.8 Å². The van der Waals surface area contributed by atoms with Gasteiger partial charge in [0.05, 0.1) is 5.75 Å². The number of nitrogens with zero attached hydrogens (tertiary/aromatic N) is 5. The SMILES string of the molecule is Cc1ccc(CS(=O)(=O)N2CCN(c3nc(C)cc(N(C)C)n3)CC2)cc1. The molecule has 7 nitrogen and oxygen atoms in total. The molecule has 0 saturated carbocycles. The van der Waals surface area contributed by atoms with Gasteiger partial charge in [0, 0.05) is 52.0 Å². The smallest absolute Gasteiger partial charge is 0.227 e. The molecule has 1 aromatic heterocycles. The summed E-state index contributed by atoms with van der Waals surface area (Å²) in [6, 6.07) is 9.59. The van der Waals surface area contributed by atoms with Gasteiger partial charge >= 0.3 is 0 Å². The number of hydrogen-bond donors (Lipinski definition) is 0. The molecule has 1 aromatic carbocycles. The third-order valence-corrected chi connectivity index (χ3v) is 6.52. The van der Waals surface area contributed by atoms with E-state index in [9.17, 15) is 8.42 Å². The largest absolute Gasteiger partial charge is 0.363 e. The van der Waals surface area contributed by atoms with Crippen LogP contribution in [0.3, 0.4) is 0 Å². The number of benzene rings is 1. The van der Waals surface area contributed by atoms with Crippen LogP contribution < -0.4 is 9.80 Å². The number of aryl methyl sites for hydroxylation is 2. The summed E-state index contributed by atoms with van der Waals surface area (Å²) in [5, 5.41) is 0. The molecule has 146 valence electrons. The molecule has 0 N–H and O–H groups in total. The minimum absolute atomic E-state index is 0.0407. The predicted molar refractivity (Wildman–Crippen MR) is 109 cm³/mol. The van der Waals surface area contributed by atoms with Crippen molar-refractivity contribution in [1.29, 1.82) is 0 Å². The van der Waals surface area contributed by atoms with Gasteiger partial charge in [-0.1, -0.05) is 29.8 Å². The van der Waals surface area contributed by atoms with Crippen molar-refractivity contribution in [3.05, 3.63) is 47.2 Å². The number of aromatic nitrogens is 2. The molecular weight excluding hydrogens is 362 g/mol. The van der Waals surface area contributed by atoms with Crippen molar-refractivity contribution in [2.75, 3.05) is 50.1 Å². The average Bonchev–Trinajstić information content (AvgIpc) is 2.63. The topological polar surface area (TPSA) is 69.6 Å². The number of sulfonamides is 1. The number of anilines is 2. The van der Waals surface area contributed by atoms with Crippen LogP contribution in [0.2, 0.25) is 0 Å². The maximum absolute atomic E-state index is 12.8. The van der Waals surface area contributed by atoms with Gasteiger partial charge in [0.15, 0.2) is 0 Å². The molecule has 0 atom stereocenters. The van der Waals surface area contributed by atoms with Crippen LogP contribution in [-0.4, -0.2) is 63.0 Å². The van der Waals surface area contributed by atoms with E-state index in [0.29, 0.717) is 32.1 Å². The van der Waals surface area contributed by atoms with Gasteiger partial charge in [-0.05, 0) is 19.4 Å². The highest BCUT2D eigenvalue weighted by Gasteiger charge is 2.28. The predicted octanol–water partition coefficient (Wildman–Crippen LogP) is 1.81. The second-order valence-electron chi connectivity index (χ2n) is 7.19. The van der Waals surface area contributed by atoms with Crippen molar-refractivity contribution in [2.24, 2.45) is 0 Å². The summed E-state index contributed by atoms with van der Waals surface area (Å²) in [4.78, 5) is 13.1. The number of rotatable bonds is 5. The number of hydrogen-bond acceptors (Lipinski definition) is 6. The van der Waals surface area contributed by atoms with Crippen molar-refractivity contribution in [3.63, 3.8) is 0 Å². The molecule has 8 heteroatoms. The first kappa shape index (κ1) is 19.6. The fourth-order valence-corrected chi connectivity index (χ4v) is 4.58. The van der Waals surface area contributed by atoms with E-state index in [1.165, 1.54) is 0 Å². The second-order valence-corrected chi connectivity index (χ2v) is 9.16. The molecule has 0 amide bonds. The summed E-state index contributed by atoms with van der Waals surface area (Å²) in [6.45, 7) is 6.01. The maximum atomic E-state index is 12.8. The quantitative estimate of drug-likeness (QED) is 0.777. The summed E-state index contributed by atoms with van der Waals surface area (Å²) >= 11 is 0. The lowest BCUT2D eigenvalue weighted by Crippen LogP contribution is -2.49. The molecule has 0 unspecified atom stereocenters. The minimum Gasteiger partial charge on any atom is -0.363 e. The highest BCUT2D eigenvalue weighted by molar-refractivity contribution is 7.88. The Bertz CT molecular complexity index is 889. The van der Waals surface area contributed by atoms with Crippen molar-refractivity contribution < 1.29 is 8.42 Å². The lowest BCUT2D eigenvalue weighted by molar-refractivity contribution is 0.382. The molecule has 1 aliphatic heterocycles. The Kier molecular flexibility index (Phi) is 5.67. The summed E-state index contributed by atoms with van der Waals surface area (Å²) in [5.41, 5.74) is 2.85. The van der Waals surface area contributed by atoms with Gasteiger partial charge in [-0.2, -0.15) is 9.29 Å². The Hall–Kier alpha value is -2.19. The second kappa shape index (κ2) is 7.82. The molecule has 0 aliphatic carbocycles. The standard InChI is InChI=1S/C19H27N5O2S/c1-15-5-7-17(8-6-15)14-27(25,26)24-11-9-23(10-12-24)19-20-16(2)13-18(21-19)22(3)4/h5-8,13H,9-12,14H2,1-4H3. The molecule has 1 aliphatic rings. The molecule has 0 radical (unpaired) electrons. The summed E-state index contributed by atoms with van der Waals surface area (Å²) in [5.74, 6) is 1.56. The van der Waals surface area contributed by atoms with Crippen LogP contribution in [0, 0.1) is 13.8 Å². The number of piperazine rings is 1. The fraction of sp³-hybridized carbons (Fsp3) is 0.474. The van der Waals surface area contributed by atoms with E-state index in [2.05, 4.69) is 14.9 Å². The van der Waals surface area contributed by atoms with E-state index in [0.717, 1.165) is 22.6 Å². The molecule has 2 aromatic rings. The lowest BCUT2D eigenvalue weighted by atomic mass is 10.2. The van der Waals surface area contributed by atoms with Gasteiger partial charge in [-0.3, -0.25) is 0 Å². The Morgan fingerprint density at radius 1 is 1.00 bits per heavy atom. The molecule has 0 bridgehead atoms. The zero-order valence-electron chi connectivity index (χ0n) is 16.4. The zero-order valence-corrected chi connectivity index (χ0v) is 17.2. The first-order valence-corrected chi connectivity index (χ1v) is 10.7. The van der Waals surface area contributed by atoms with Crippen molar-refractivity contribution >= 4 is 21.8 Å². The Labute approximate surface area is 161 Å². The van der Waals surface area contributed by atoms with Crippen molar-refractivity contribution in [3.8, 4) is 0 Å². The molecule has 3 rings (SSSR count). The van der Waals surface area contributed by atoms with Crippen LogP contribution in [-0.2, 0) is 15.8 Å². The summed E-state index contributed by atoms with van der Waals surface area (Å²) in [7, 11) is 0.564. The monoisotopic (exact) mass is 389 g/mol. The molecule has 1 saturated heterocycles. The van der Waals surface area contributed by atoms with Crippen LogP contribution in [0.5, 0.6) is 0 Å². The molecule has 1 fully saturated rings. The Morgan fingerprint density at radius 2 is 1.63 bits per heavy atom. The molecule has 27 heavy (non-hydrogen) atoms. The lowest BCUT2D eigenvalue weighted by Gasteiger charge is -2.34. The van der Waals surface area contributed by atoms with Crippen LogP contribution in [0.4, 0.5) is 11.8 Å². The maximum Gasteiger partial charge on any atom is 0.227 e. The van der Waals surface area contributed by atoms with Gasteiger partial charge < -0.3 is 9.80 Å². The molecule has 2 heterocycles. The van der Waals surface area contributed by atoms with Gasteiger partial charge in [0.25, 0.3) is 0 Å². The summed E-state index contributed by atoms with van der Waals surface area (Å²) < 4.78 is 27.1. The minimum atomic E-state index is -3.33. The van der Waals surface area contributed by atoms with E-state index < -0.39 is 10.0 Å². The average molecular weight is 390 g/mol. The van der Waals surface area contributed by atoms with E-state index in [1.54, 1.807) is 4.31 Å². The highest BCUT2D eigenvalue weighted by atomic mass is 32.2. The van der Waals surface area contributed by atoms with Crippen LogP contribution >= 0.6 is 0 Å². The third-order valence-electron chi connectivity index (χ3n) is 4.67. The van der Waals surface area contributed by atoms with E-state index in [-0.39, 0.29) is 5.75 Å². The van der Waals surface area contributed by atoms with E-state index in [4.69, 9.17) is 0 Å².